The standard InChI is InChI=1S/C17H13N7/c1-23-8-12(7-22-23)16-15-13(2-3-14(15)20-10-21-16)11-6-19-17-18-4-5-24(17)9-11/h2,4-10H,3H2,1H3. The Morgan fingerprint density at radius 1 is 1.00 bits per heavy atom. The van der Waals surface area contributed by atoms with Crippen molar-refractivity contribution in [3.05, 3.63) is 66.4 Å². The number of aryl methyl sites for hydroxylation is 1. The lowest BCUT2D eigenvalue weighted by Crippen LogP contribution is -1.99. The molecule has 0 atom stereocenters. The Bertz CT molecular complexity index is 1100. The second-order valence-electron chi connectivity index (χ2n) is 5.75. The molecule has 0 fully saturated rings. The van der Waals surface area contributed by atoms with Gasteiger partial charge >= 0.3 is 0 Å². The van der Waals surface area contributed by atoms with E-state index in [1.165, 1.54) is 0 Å². The van der Waals surface area contributed by atoms with Crippen LogP contribution in [0.5, 0.6) is 0 Å². The van der Waals surface area contributed by atoms with E-state index < -0.39 is 0 Å². The van der Waals surface area contributed by atoms with Crippen LogP contribution < -0.4 is 0 Å². The van der Waals surface area contributed by atoms with Gasteiger partial charge in [-0.3, -0.25) is 9.08 Å². The fraction of sp³-hybridized carbons (Fsp3) is 0.118. The quantitative estimate of drug-likeness (QED) is 0.565. The van der Waals surface area contributed by atoms with Gasteiger partial charge in [-0.15, -0.1) is 0 Å². The lowest BCUT2D eigenvalue weighted by molar-refractivity contribution is 0.768. The number of aromatic nitrogens is 7. The highest BCUT2D eigenvalue weighted by atomic mass is 15.2. The first-order valence-electron chi connectivity index (χ1n) is 7.62. The molecule has 24 heavy (non-hydrogen) atoms. The van der Waals surface area contributed by atoms with E-state index >= 15 is 0 Å². The third-order valence-corrected chi connectivity index (χ3v) is 4.23. The minimum absolute atomic E-state index is 0.689. The highest BCUT2D eigenvalue weighted by Crippen LogP contribution is 2.37. The van der Waals surface area contributed by atoms with Crippen LogP contribution >= 0.6 is 0 Å². The van der Waals surface area contributed by atoms with Crippen LogP contribution in [0, 0.1) is 0 Å². The van der Waals surface area contributed by atoms with E-state index in [0.717, 1.165) is 40.1 Å². The zero-order valence-corrected chi connectivity index (χ0v) is 13.0. The SMILES string of the molecule is Cn1cc(-c2ncnc3c2C(c2cnc4nccn4c2)=CC3)cn1. The van der Waals surface area contributed by atoms with Crippen molar-refractivity contribution in [2.24, 2.45) is 7.05 Å². The lowest BCUT2D eigenvalue weighted by Gasteiger charge is -2.10. The first kappa shape index (κ1) is 13.1. The first-order chi connectivity index (χ1) is 11.8. The van der Waals surface area contributed by atoms with Gasteiger partial charge in [-0.25, -0.2) is 19.9 Å². The molecule has 4 aromatic heterocycles. The summed E-state index contributed by atoms with van der Waals surface area (Å²) in [5.74, 6) is 0.689. The van der Waals surface area contributed by atoms with Gasteiger partial charge < -0.3 is 0 Å². The van der Waals surface area contributed by atoms with Crippen LogP contribution in [0.2, 0.25) is 0 Å². The van der Waals surface area contributed by atoms with Crippen molar-refractivity contribution in [2.75, 3.05) is 0 Å². The fourth-order valence-electron chi connectivity index (χ4n) is 3.14. The van der Waals surface area contributed by atoms with Crippen LogP contribution in [0.4, 0.5) is 0 Å². The van der Waals surface area contributed by atoms with Crippen molar-refractivity contribution in [2.45, 2.75) is 6.42 Å². The van der Waals surface area contributed by atoms with Crippen molar-refractivity contribution in [1.29, 1.82) is 0 Å². The topological polar surface area (TPSA) is 73.8 Å². The zero-order chi connectivity index (χ0) is 16.1. The van der Waals surface area contributed by atoms with E-state index in [1.54, 1.807) is 17.2 Å². The van der Waals surface area contributed by atoms with Crippen LogP contribution in [0.25, 0.3) is 22.6 Å². The van der Waals surface area contributed by atoms with Crippen LogP contribution in [0.3, 0.4) is 0 Å². The second-order valence-corrected chi connectivity index (χ2v) is 5.75. The highest BCUT2D eigenvalue weighted by molar-refractivity contribution is 5.90. The summed E-state index contributed by atoms with van der Waals surface area (Å²) in [4.78, 5) is 17.6. The minimum Gasteiger partial charge on any atom is -0.291 e. The van der Waals surface area contributed by atoms with Crippen LogP contribution in [-0.2, 0) is 13.5 Å². The van der Waals surface area contributed by atoms with Crippen molar-refractivity contribution in [3.63, 3.8) is 0 Å². The molecule has 4 heterocycles. The van der Waals surface area contributed by atoms with Crippen molar-refractivity contribution < 1.29 is 0 Å². The van der Waals surface area contributed by atoms with Gasteiger partial charge in [0.25, 0.3) is 0 Å². The van der Waals surface area contributed by atoms with Gasteiger partial charge in [0.15, 0.2) is 0 Å². The minimum atomic E-state index is 0.689. The normalized spacial score (nSPS) is 13.3. The summed E-state index contributed by atoms with van der Waals surface area (Å²) >= 11 is 0. The van der Waals surface area contributed by atoms with Crippen molar-refractivity contribution in [1.82, 2.24) is 34.1 Å². The highest BCUT2D eigenvalue weighted by Gasteiger charge is 2.23. The smallest absolute Gasteiger partial charge is 0.233 e. The van der Waals surface area contributed by atoms with E-state index in [-0.39, 0.29) is 0 Å². The number of hydrogen-bond acceptors (Lipinski definition) is 5. The molecule has 0 radical (unpaired) electrons. The molecule has 5 rings (SSSR count). The van der Waals surface area contributed by atoms with Crippen LogP contribution in [0.1, 0.15) is 16.8 Å². The van der Waals surface area contributed by atoms with Gasteiger partial charge in [0.2, 0.25) is 5.78 Å². The second kappa shape index (κ2) is 4.82. The summed E-state index contributed by atoms with van der Waals surface area (Å²) in [6.07, 6.45) is 15.9. The molecule has 0 unspecified atom stereocenters. The summed E-state index contributed by atoms with van der Waals surface area (Å²) < 4.78 is 3.70. The molecule has 7 nitrogen and oxygen atoms in total. The summed E-state index contributed by atoms with van der Waals surface area (Å²) in [7, 11) is 1.90. The maximum Gasteiger partial charge on any atom is 0.233 e. The van der Waals surface area contributed by atoms with Gasteiger partial charge in [-0.05, 0) is 5.57 Å². The van der Waals surface area contributed by atoms with E-state index in [0.29, 0.717) is 5.78 Å². The number of nitrogens with zero attached hydrogens (tertiary/aromatic N) is 7. The van der Waals surface area contributed by atoms with E-state index in [4.69, 9.17) is 0 Å². The van der Waals surface area contributed by atoms with Gasteiger partial charge in [-0.2, -0.15) is 5.10 Å². The Labute approximate surface area is 137 Å². The average molecular weight is 315 g/mol. The third-order valence-electron chi connectivity index (χ3n) is 4.23. The molecule has 1 aliphatic carbocycles. The van der Waals surface area contributed by atoms with E-state index in [9.17, 15) is 0 Å². The molecule has 7 heteroatoms. The molecule has 0 aliphatic heterocycles. The Kier molecular flexibility index (Phi) is 2.64. The van der Waals surface area contributed by atoms with Crippen molar-refractivity contribution >= 4 is 11.4 Å². The largest absolute Gasteiger partial charge is 0.291 e. The molecule has 0 bridgehead atoms. The molecule has 0 saturated heterocycles. The van der Waals surface area contributed by atoms with Crippen LogP contribution in [-0.4, -0.2) is 34.1 Å². The molecule has 1 aliphatic rings. The molecule has 116 valence electrons. The molecule has 4 aromatic rings. The van der Waals surface area contributed by atoms with Crippen molar-refractivity contribution in [3.8, 4) is 11.3 Å². The molecule has 0 spiro atoms. The predicted molar refractivity (Wildman–Crippen MR) is 88.0 cm³/mol. The number of fused-ring (bicyclic) bond motifs is 2. The Morgan fingerprint density at radius 2 is 1.96 bits per heavy atom. The summed E-state index contributed by atoms with van der Waals surface area (Å²) in [5.41, 5.74) is 6.12. The Balaban J connectivity index is 1.70. The lowest BCUT2D eigenvalue weighted by atomic mass is 9.99. The number of rotatable bonds is 2. The van der Waals surface area contributed by atoms with Gasteiger partial charge in [0.1, 0.15) is 6.33 Å². The molecule has 0 amide bonds. The molecular weight excluding hydrogens is 302 g/mol. The summed E-state index contributed by atoms with van der Waals surface area (Å²) in [6.45, 7) is 0. The molecule has 0 N–H and O–H groups in total. The maximum absolute atomic E-state index is 4.52. The maximum atomic E-state index is 4.52. The van der Waals surface area contributed by atoms with Gasteiger partial charge in [0, 0.05) is 61.1 Å². The fourth-order valence-corrected chi connectivity index (χ4v) is 3.14. The van der Waals surface area contributed by atoms with Gasteiger partial charge in [-0.1, -0.05) is 6.08 Å². The average Bonchev–Trinajstić information content (AvgIpc) is 3.32. The molecule has 0 aromatic carbocycles. The monoisotopic (exact) mass is 315 g/mol. The summed E-state index contributed by atoms with van der Waals surface area (Å²) in [6, 6.07) is 0. The predicted octanol–water partition coefficient (Wildman–Crippen LogP) is 1.91. The van der Waals surface area contributed by atoms with Gasteiger partial charge in [0.05, 0.1) is 17.6 Å². The summed E-state index contributed by atoms with van der Waals surface area (Å²) in [5, 5.41) is 4.26. The third kappa shape index (κ3) is 1.88. The molecule has 0 saturated carbocycles. The Morgan fingerprint density at radius 3 is 2.83 bits per heavy atom. The van der Waals surface area contributed by atoms with Crippen LogP contribution in [0.15, 0.2) is 49.6 Å². The zero-order valence-electron chi connectivity index (χ0n) is 13.0. The van der Waals surface area contributed by atoms with E-state index in [1.807, 2.05) is 42.4 Å². The van der Waals surface area contributed by atoms with E-state index in [2.05, 4.69) is 31.1 Å². The first-order valence-corrected chi connectivity index (χ1v) is 7.62. The number of hydrogen-bond donors (Lipinski definition) is 0. The Hall–Kier alpha value is -3.35. The molecular formula is C17H13N7. The number of imidazole rings is 1. The number of allylic oxidation sites excluding steroid dienone is 1.